The van der Waals surface area contributed by atoms with Crippen LogP contribution in [0.15, 0.2) is 71.7 Å². The van der Waals surface area contributed by atoms with E-state index in [0.29, 0.717) is 11.1 Å². The van der Waals surface area contributed by atoms with E-state index in [-0.39, 0.29) is 22.9 Å². The number of fused-ring (bicyclic) bond motifs is 1. The summed E-state index contributed by atoms with van der Waals surface area (Å²) in [7, 11) is 0. The van der Waals surface area contributed by atoms with Crippen molar-refractivity contribution in [1.29, 1.82) is 0 Å². The third-order valence-corrected chi connectivity index (χ3v) is 5.41. The third kappa shape index (κ3) is 2.37. The van der Waals surface area contributed by atoms with Crippen molar-refractivity contribution in [2.45, 2.75) is 19.4 Å². The molecule has 0 saturated carbocycles. The number of anilines is 1. The van der Waals surface area contributed by atoms with E-state index in [1.807, 2.05) is 54.6 Å². The molecule has 1 atom stereocenters. The lowest BCUT2D eigenvalue weighted by Gasteiger charge is -2.13. The molecule has 0 fully saturated rings. The molecule has 1 aliphatic heterocycles. The van der Waals surface area contributed by atoms with E-state index in [1.54, 1.807) is 6.20 Å². The summed E-state index contributed by atoms with van der Waals surface area (Å²) in [6.45, 7) is 2.11. The summed E-state index contributed by atoms with van der Waals surface area (Å²) < 4.78 is 2.06. The Bertz CT molecular complexity index is 1280. The van der Waals surface area contributed by atoms with Crippen molar-refractivity contribution in [3.8, 4) is 0 Å². The number of para-hydroxylation sites is 1. The first-order valence-electron chi connectivity index (χ1n) is 9.09. The zero-order valence-electron chi connectivity index (χ0n) is 14.9. The summed E-state index contributed by atoms with van der Waals surface area (Å²) in [5.41, 5.74) is 2.80. The van der Waals surface area contributed by atoms with E-state index < -0.39 is 0 Å². The molecule has 132 valence electrons. The Labute approximate surface area is 156 Å². The number of hydrogen-bond acceptors (Lipinski definition) is 2. The van der Waals surface area contributed by atoms with Crippen molar-refractivity contribution >= 4 is 33.3 Å². The fraction of sp³-hybridized carbons (Fsp3) is 0.130. The van der Waals surface area contributed by atoms with Crippen LogP contribution in [0.3, 0.4) is 0 Å². The minimum absolute atomic E-state index is 0.182. The molecule has 3 aromatic carbocycles. The van der Waals surface area contributed by atoms with Crippen LogP contribution in [0.25, 0.3) is 21.7 Å². The lowest BCUT2D eigenvalue weighted by atomic mass is 10.1. The number of nitrogens with zero attached hydrogens (tertiary/aromatic N) is 1. The van der Waals surface area contributed by atoms with Crippen LogP contribution in [-0.4, -0.2) is 10.5 Å². The molecule has 1 aliphatic rings. The van der Waals surface area contributed by atoms with Gasteiger partial charge < -0.3 is 9.88 Å². The Hall–Kier alpha value is -3.40. The number of nitrogens with one attached hydrogen (secondary N) is 1. The van der Waals surface area contributed by atoms with Gasteiger partial charge in [0.15, 0.2) is 0 Å². The van der Waals surface area contributed by atoms with Crippen LogP contribution in [0.1, 0.15) is 28.9 Å². The number of carbonyl (C=O) groups excluding carboxylic acids is 1. The smallest absolute Gasteiger partial charge is 0.261 e. The molecule has 0 spiro atoms. The molecule has 27 heavy (non-hydrogen) atoms. The van der Waals surface area contributed by atoms with Crippen molar-refractivity contribution in [3.63, 3.8) is 0 Å². The number of hydrogen-bond donors (Lipinski definition) is 1. The first-order valence-corrected chi connectivity index (χ1v) is 9.09. The second kappa shape index (κ2) is 5.81. The monoisotopic (exact) mass is 354 g/mol. The molecular formula is C23H18N2O2. The van der Waals surface area contributed by atoms with Gasteiger partial charge in [-0.3, -0.25) is 9.59 Å². The number of aromatic nitrogens is 1. The number of rotatable bonds is 2. The Kier molecular flexibility index (Phi) is 3.41. The van der Waals surface area contributed by atoms with E-state index in [4.69, 9.17) is 0 Å². The molecule has 4 aromatic rings. The number of carbonyl (C=O) groups is 1. The van der Waals surface area contributed by atoms with E-state index in [2.05, 4.69) is 22.9 Å². The highest BCUT2D eigenvalue weighted by Crippen LogP contribution is 2.31. The molecule has 4 nitrogen and oxygen atoms in total. The molecule has 0 unspecified atom stereocenters. The minimum Gasteiger partial charge on any atom is -0.343 e. The average Bonchev–Trinajstić information content (AvgIpc) is 3.01. The van der Waals surface area contributed by atoms with Crippen molar-refractivity contribution in [3.05, 3.63) is 88.2 Å². The van der Waals surface area contributed by atoms with Crippen LogP contribution in [0, 0.1) is 0 Å². The Morgan fingerprint density at radius 3 is 2.63 bits per heavy atom. The quantitative estimate of drug-likeness (QED) is 0.575. The number of benzene rings is 3. The highest BCUT2D eigenvalue weighted by atomic mass is 16.2. The van der Waals surface area contributed by atoms with E-state index in [1.165, 1.54) is 0 Å². The molecule has 0 bridgehead atoms. The van der Waals surface area contributed by atoms with Gasteiger partial charge in [-0.1, -0.05) is 48.5 Å². The van der Waals surface area contributed by atoms with Crippen LogP contribution in [0.4, 0.5) is 5.69 Å². The minimum atomic E-state index is -0.369. The second-order valence-electron chi connectivity index (χ2n) is 7.13. The highest BCUT2D eigenvalue weighted by Gasteiger charge is 2.24. The molecule has 1 N–H and O–H groups in total. The van der Waals surface area contributed by atoms with Gasteiger partial charge in [-0.15, -0.1) is 0 Å². The lowest BCUT2D eigenvalue weighted by molar-refractivity contribution is 0.102. The SMILES string of the molecule is C[C@H]1Cc2cccc3c(=O)c(C(=O)Nc4cccc5ccccc45)cn1c23. The topological polar surface area (TPSA) is 51.1 Å². The Morgan fingerprint density at radius 1 is 1.00 bits per heavy atom. The zero-order valence-corrected chi connectivity index (χ0v) is 14.9. The van der Waals surface area contributed by atoms with Gasteiger partial charge in [-0.25, -0.2) is 0 Å². The van der Waals surface area contributed by atoms with Crippen LogP contribution in [-0.2, 0) is 6.42 Å². The molecule has 0 saturated heterocycles. The molecule has 1 aromatic heterocycles. The molecular weight excluding hydrogens is 336 g/mol. The van der Waals surface area contributed by atoms with Crippen LogP contribution >= 0.6 is 0 Å². The van der Waals surface area contributed by atoms with Crippen LogP contribution in [0.5, 0.6) is 0 Å². The predicted molar refractivity (Wildman–Crippen MR) is 109 cm³/mol. The first-order chi connectivity index (χ1) is 13.1. The van der Waals surface area contributed by atoms with Gasteiger partial charge in [0, 0.05) is 28.7 Å². The van der Waals surface area contributed by atoms with Gasteiger partial charge in [-0.2, -0.15) is 0 Å². The standard InChI is InChI=1S/C23H18N2O2/c1-14-12-16-8-4-10-18-21(16)25(14)13-19(22(18)26)23(27)24-20-11-5-7-15-6-2-3-9-17(15)20/h2-11,13-14H,12H2,1H3,(H,24,27)/t14-/m0/s1. The van der Waals surface area contributed by atoms with Crippen molar-refractivity contribution in [2.75, 3.05) is 5.32 Å². The highest BCUT2D eigenvalue weighted by molar-refractivity contribution is 6.10. The zero-order chi connectivity index (χ0) is 18.5. The fourth-order valence-corrected chi connectivity index (χ4v) is 4.10. The number of amides is 1. The summed E-state index contributed by atoms with van der Waals surface area (Å²) >= 11 is 0. The van der Waals surface area contributed by atoms with Gasteiger partial charge in [0.05, 0.1) is 5.52 Å². The summed E-state index contributed by atoms with van der Waals surface area (Å²) in [5.74, 6) is -0.369. The predicted octanol–water partition coefficient (Wildman–Crippen LogP) is 4.52. The maximum absolute atomic E-state index is 13.0. The molecule has 4 heteroatoms. The lowest BCUT2D eigenvalue weighted by Crippen LogP contribution is -2.23. The van der Waals surface area contributed by atoms with E-state index in [9.17, 15) is 9.59 Å². The first kappa shape index (κ1) is 15.8. The molecule has 1 amide bonds. The average molecular weight is 354 g/mol. The molecule has 0 radical (unpaired) electrons. The van der Waals surface area contributed by atoms with Gasteiger partial charge in [0.2, 0.25) is 5.43 Å². The molecule has 2 heterocycles. The Morgan fingerprint density at radius 2 is 1.74 bits per heavy atom. The summed E-state index contributed by atoms with van der Waals surface area (Å²) in [6.07, 6.45) is 2.59. The van der Waals surface area contributed by atoms with Crippen molar-refractivity contribution in [1.82, 2.24) is 4.57 Å². The van der Waals surface area contributed by atoms with Gasteiger partial charge >= 0.3 is 0 Å². The van der Waals surface area contributed by atoms with Crippen molar-refractivity contribution < 1.29 is 4.79 Å². The number of pyridine rings is 1. The van der Waals surface area contributed by atoms with Crippen LogP contribution in [0.2, 0.25) is 0 Å². The van der Waals surface area contributed by atoms with Crippen molar-refractivity contribution in [2.24, 2.45) is 0 Å². The maximum Gasteiger partial charge on any atom is 0.261 e. The molecule has 5 rings (SSSR count). The summed E-state index contributed by atoms with van der Waals surface area (Å²) in [6, 6.07) is 19.6. The van der Waals surface area contributed by atoms with Gasteiger partial charge in [0.25, 0.3) is 5.91 Å². The van der Waals surface area contributed by atoms with Crippen LogP contribution < -0.4 is 10.7 Å². The van der Waals surface area contributed by atoms with E-state index >= 15 is 0 Å². The summed E-state index contributed by atoms with van der Waals surface area (Å²) in [5, 5.41) is 5.55. The molecule has 0 aliphatic carbocycles. The van der Waals surface area contributed by atoms with Gasteiger partial charge in [-0.05, 0) is 36.4 Å². The Balaban J connectivity index is 1.63. The normalized spacial score (nSPS) is 15.4. The largest absolute Gasteiger partial charge is 0.343 e. The maximum atomic E-state index is 13.0. The second-order valence-corrected chi connectivity index (χ2v) is 7.13. The van der Waals surface area contributed by atoms with E-state index in [0.717, 1.165) is 28.3 Å². The third-order valence-electron chi connectivity index (χ3n) is 5.41. The summed E-state index contributed by atoms with van der Waals surface area (Å²) in [4.78, 5) is 26.0. The fourth-order valence-electron chi connectivity index (χ4n) is 4.10. The van der Waals surface area contributed by atoms with Gasteiger partial charge in [0.1, 0.15) is 5.56 Å².